The van der Waals surface area contributed by atoms with Crippen molar-refractivity contribution in [1.29, 1.82) is 0 Å². The van der Waals surface area contributed by atoms with E-state index in [9.17, 15) is 9.59 Å². The fourth-order valence-corrected chi connectivity index (χ4v) is 4.41. The molecule has 0 spiro atoms. The number of rotatable bonds is 12. The van der Waals surface area contributed by atoms with Gasteiger partial charge in [0.1, 0.15) is 5.84 Å². The van der Waals surface area contributed by atoms with Gasteiger partial charge < -0.3 is 20.1 Å². The summed E-state index contributed by atoms with van der Waals surface area (Å²) < 4.78 is 3.83. The lowest BCUT2D eigenvalue weighted by Crippen LogP contribution is -2.39. The topological polar surface area (TPSA) is 109 Å². The molecule has 3 aromatic heterocycles. The highest BCUT2D eigenvalue weighted by atomic mass is 16.2. The van der Waals surface area contributed by atoms with E-state index in [1.165, 1.54) is 31.4 Å². The second-order valence-electron chi connectivity index (χ2n) is 13.1. The molecule has 0 saturated heterocycles. The number of anilines is 1. The molecule has 2 amide bonds. The van der Waals surface area contributed by atoms with Gasteiger partial charge >= 0.3 is 0 Å². The van der Waals surface area contributed by atoms with E-state index in [0.29, 0.717) is 17.1 Å². The van der Waals surface area contributed by atoms with Crippen molar-refractivity contribution in [2.45, 2.75) is 107 Å². The number of hydrogen-bond acceptors (Lipinski definition) is 6. The van der Waals surface area contributed by atoms with E-state index in [1.54, 1.807) is 19.2 Å². The van der Waals surface area contributed by atoms with Crippen LogP contribution in [0.4, 0.5) is 5.69 Å². The van der Waals surface area contributed by atoms with Gasteiger partial charge in [0.25, 0.3) is 5.91 Å². The van der Waals surface area contributed by atoms with Crippen LogP contribution in [0.2, 0.25) is 0 Å². The van der Waals surface area contributed by atoms with Crippen LogP contribution in [-0.2, 0) is 17.4 Å². The number of amides is 2. The average molecular weight is 663 g/mol. The van der Waals surface area contributed by atoms with Crippen molar-refractivity contribution in [2.24, 2.45) is 18.0 Å². The van der Waals surface area contributed by atoms with E-state index >= 15 is 0 Å². The molecule has 0 saturated carbocycles. The van der Waals surface area contributed by atoms with Crippen molar-refractivity contribution in [3.05, 3.63) is 72.1 Å². The minimum Gasteiger partial charge on any atom is -0.369 e. The number of pyridine rings is 1. The van der Waals surface area contributed by atoms with Crippen LogP contribution in [0.1, 0.15) is 117 Å². The maximum atomic E-state index is 12.3. The zero-order valence-corrected chi connectivity index (χ0v) is 31.7. The number of carbonyl (C=O) groups excluding carboxylic acids is 2. The molecule has 1 unspecified atom stereocenters. The molecule has 3 aromatic rings. The summed E-state index contributed by atoms with van der Waals surface area (Å²) >= 11 is 0. The standard InChI is InChI=1S/C22H29N5O2.C13H25N3.C3H8/c1-7-18(19-10-8-9-15(2)24-19)25-16(3)26-20(28)13-23-21(29)17-11-12-27(14-17)22(4,5)6;1-5-8-16(9-7-12(3)6-2)13-10-14-15(4)11-13;1-3-2/h7-12,14H,13H2,1-6H3,(H,23,29)(H,25,26,28);10-12H,5-9H2,1-4H3;3H2,1-2H3/b18-7-;;. The van der Waals surface area contributed by atoms with E-state index in [4.69, 9.17) is 0 Å². The van der Waals surface area contributed by atoms with Crippen LogP contribution in [0.3, 0.4) is 0 Å². The fraction of sp³-hybridized carbons (Fsp3) is 0.553. The van der Waals surface area contributed by atoms with E-state index in [2.05, 4.69) is 92.2 Å². The summed E-state index contributed by atoms with van der Waals surface area (Å²) in [7, 11) is 1.97. The van der Waals surface area contributed by atoms with Crippen molar-refractivity contribution in [2.75, 3.05) is 24.5 Å². The first kappa shape index (κ1) is 41.8. The normalized spacial score (nSPS) is 12.2. The van der Waals surface area contributed by atoms with Crippen molar-refractivity contribution in [3.8, 4) is 0 Å². The number of carbonyl (C=O) groups is 2. The summed E-state index contributed by atoms with van der Waals surface area (Å²) in [5, 5.41) is 9.56. The summed E-state index contributed by atoms with van der Waals surface area (Å²) in [5.74, 6) is 0.605. The van der Waals surface area contributed by atoms with Gasteiger partial charge in [0.2, 0.25) is 5.91 Å². The van der Waals surface area contributed by atoms with Crippen LogP contribution >= 0.6 is 0 Å². The van der Waals surface area contributed by atoms with Crippen molar-refractivity contribution in [1.82, 2.24) is 30.0 Å². The summed E-state index contributed by atoms with van der Waals surface area (Å²) in [4.78, 5) is 35.7. The molecule has 10 nitrogen and oxygen atoms in total. The van der Waals surface area contributed by atoms with E-state index < -0.39 is 0 Å². The Balaban J connectivity index is 0.000000510. The molecule has 0 fully saturated rings. The minimum atomic E-state index is -0.345. The molecule has 0 aliphatic rings. The summed E-state index contributed by atoms with van der Waals surface area (Å²) in [6, 6.07) is 7.42. The molecular weight excluding hydrogens is 600 g/mol. The molecular formula is C38H62N8O2. The molecule has 2 N–H and O–H groups in total. The van der Waals surface area contributed by atoms with Crippen LogP contribution in [-0.4, -0.2) is 56.6 Å². The lowest BCUT2D eigenvalue weighted by Gasteiger charge is -2.23. The number of aromatic nitrogens is 4. The molecule has 3 heterocycles. The van der Waals surface area contributed by atoms with Crippen LogP contribution in [0.15, 0.2) is 60.1 Å². The first-order chi connectivity index (χ1) is 22.7. The van der Waals surface area contributed by atoms with Crippen molar-refractivity contribution in [3.63, 3.8) is 0 Å². The van der Waals surface area contributed by atoms with Gasteiger partial charge in [-0.15, -0.1) is 0 Å². The van der Waals surface area contributed by atoms with E-state index in [0.717, 1.165) is 30.4 Å². The molecule has 0 aliphatic heterocycles. The molecule has 3 rings (SSSR count). The van der Waals surface area contributed by atoms with Gasteiger partial charge in [-0.2, -0.15) is 5.10 Å². The molecule has 1 atom stereocenters. The first-order valence-electron chi connectivity index (χ1n) is 17.3. The quantitative estimate of drug-likeness (QED) is 0.152. The molecule has 10 heteroatoms. The Morgan fingerprint density at radius 1 is 1.08 bits per heavy atom. The van der Waals surface area contributed by atoms with Crippen LogP contribution in [0.25, 0.3) is 5.70 Å². The molecule has 0 aromatic carbocycles. The number of amidine groups is 1. The van der Waals surface area contributed by atoms with Gasteiger partial charge in [-0.25, -0.2) is 4.99 Å². The third kappa shape index (κ3) is 15.6. The second kappa shape index (κ2) is 21.6. The van der Waals surface area contributed by atoms with Gasteiger partial charge in [0, 0.05) is 50.0 Å². The third-order valence-electron chi connectivity index (χ3n) is 7.31. The lowest BCUT2D eigenvalue weighted by molar-refractivity contribution is -0.118. The van der Waals surface area contributed by atoms with Crippen LogP contribution in [0.5, 0.6) is 0 Å². The summed E-state index contributed by atoms with van der Waals surface area (Å²) in [6.07, 6.45) is 14.5. The maximum Gasteiger partial charge on any atom is 0.253 e. The monoisotopic (exact) mass is 662 g/mol. The van der Waals surface area contributed by atoms with Gasteiger partial charge in [0.05, 0.1) is 35.4 Å². The highest BCUT2D eigenvalue weighted by Gasteiger charge is 2.16. The predicted molar refractivity (Wildman–Crippen MR) is 201 cm³/mol. The second-order valence-corrected chi connectivity index (χ2v) is 13.1. The molecule has 0 bridgehead atoms. The van der Waals surface area contributed by atoms with Crippen LogP contribution in [0, 0.1) is 12.8 Å². The highest BCUT2D eigenvalue weighted by Crippen LogP contribution is 2.17. The smallest absolute Gasteiger partial charge is 0.253 e. The van der Waals surface area contributed by atoms with E-state index in [1.807, 2.05) is 66.8 Å². The van der Waals surface area contributed by atoms with Crippen molar-refractivity contribution < 1.29 is 9.59 Å². The largest absolute Gasteiger partial charge is 0.369 e. The van der Waals surface area contributed by atoms with Gasteiger partial charge in [-0.05, 0) is 78.5 Å². The Kier molecular flexibility index (Phi) is 18.8. The Morgan fingerprint density at radius 2 is 1.77 bits per heavy atom. The Hall–Kier alpha value is -4.21. The maximum absolute atomic E-state index is 12.3. The predicted octanol–water partition coefficient (Wildman–Crippen LogP) is 7.76. The Morgan fingerprint density at radius 3 is 2.29 bits per heavy atom. The number of nitrogens with zero attached hydrogens (tertiary/aromatic N) is 6. The summed E-state index contributed by atoms with van der Waals surface area (Å²) in [5.41, 5.74) is 3.95. The van der Waals surface area contributed by atoms with E-state index in [-0.39, 0.29) is 23.9 Å². The SMILES string of the molecule is C/C=C(\N=C(C)NC(=O)CNC(=O)c1ccn(C(C)(C)C)c1)c1cccc(C)n1.CCC.CCCN(CCC(C)CC)c1cnn(C)c1. The van der Waals surface area contributed by atoms with Crippen LogP contribution < -0.4 is 15.5 Å². The number of aryl methyl sites for hydroxylation is 2. The molecule has 48 heavy (non-hydrogen) atoms. The number of allylic oxidation sites excluding steroid dienone is 1. The number of hydrogen-bond donors (Lipinski definition) is 2. The molecule has 0 aliphatic carbocycles. The third-order valence-corrected chi connectivity index (χ3v) is 7.31. The zero-order valence-electron chi connectivity index (χ0n) is 31.7. The first-order valence-corrected chi connectivity index (χ1v) is 17.3. The van der Waals surface area contributed by atoms with Crippen molar-refractivity contribution >= 4 is 29.0 Å². The molecule has 0 radical (unpaired) electrons. The fourth-order valence-electron chi connectivity index (χ4n) is 4.41. The lowest BCUT2D eigenvalue weighted by atomic mass is 10.1. The Labute approximate surface area is 290 Å². The molecule has 266 valence electrons. The number of nitrogens with one attached hydrogen (secondary N) is 2. The Bertz CT molecular complexity index is 1440. The van der Waals surface area contributed by atoms with Gasteiger partial charge in [0.15, 0.2) is 0 Å². The number of aliphatic imine (C=N–C) groups is 1. The average Bonchev–Trinajstić information content (AvgIpc) is 3.71. The van der Waals surface area contributed by atoms with Gasteiger partial charge in [-0.3, -0.25) is 19.3 Å². The highest BCUT2D eigenvalue weighted by molar-refractivity contribution is 6.02. The summed E-state index contributed by atoms with van der Waals surface area (Å²) in [6.45, 7) is 24.8. The van der Waals surface area contributed by atoms with Gasteiger partial charge in [-0.1, -0.05) is 59.6 Å². The zero-order chi connectivity index (χ0) is 36.3. The minimum absolute atomic E-state index is 0.111.